The standard InChI is InChI=1S/C23H26F3N3O3S/c1-23(15-7-13(8-15)11-27-20(30)12-28-33(2,31)32)18-9-17(25)10-19(26)21(18)29-22(23)14-3-5-16(24)6-4-14/h3-6,9-10,13,15,22,28-29H,7-8,11-12H2,1-2H3,(H,27,30)/t13-,15+,22?,23?. The number of rotatable bonds is 7. The fourth-order valence-corrected chi connectivity index (χ4v) is 5.44. The topological polar surface area (TPSA) is 87.3 Å². The summed E-state index contributed by atoms with van der Waals surface area (Å²) in [5.74, 6) is -1.89. The third-order valence-electron chi connectivity index (χ3n) is 6.89. The number of hydrogen-bond donors (Lipinski definition) is 3. The zero-order chi connectivity index (χ0) is 24.0. The van der Waals surface area contributed by atoms with E-state index in [-0.39, 0.29) is 35.9 Å². The Bertz CT molecular complexity index is 1170. The van der Waals surface area contributed by atoms with Gasteiger partial charge in [0, 0.05) is 18.0 Å². The first-order valence-corrected chi connectivity index (χ1v) is 12.6. The summed E-state index contributed by atoms with van der Waals surface area (Å²) < 4.78 is 66.6. The van der Waals surface area contributed by atoms with Gasteiger partial charge in [0.15, 0.2) is 0 Å². The van der Waals surface area contributed by atoms with Gasteiger partial charge in [0.05, 0.1) is 24.5 Å². The molecule has 0 aromatic heterocycles. The van der Waals surface area contributed by atoms with Gasteiger partial charge in [0.1, 0.15) is 17.5 Å². The van der Waals surface area contributed by atoms with E-state index in [2.05, 4.69) is 15.4 Å². The number of anilines is 1. The normalized spacial score (nSPS) is 26.3. The summed E-state index contributed by atoms with van der Waals surface area (Å²) in [4.78, 5) is 11.9. The molecule has 0 radical (unpaired) electrons. The van der Waals surface area contributed by atoms with E-state index in [1.807, 2.05) is 6.92 Å². The maximum atomic E-state index is 14.6. The van der Waals surface area contributed by atoms with E-state index in [9.17, 15) is 26.4 Å². The molecule has 0 bridgehead atoms. The van der Waals surface area contributed by atoms with Gasteiger partial charge >= 0.3 is 0 Å². The number of nitrogens with one attached hydrogen (secondary N) is 3. The molecule has 0 saturated heterocycles. The van der Waals surface area contributed by atoms with E-state index in [0.717, 1.165) is 17.9 Å². The highest BCUT2D eigenvalue weighted by Gasteiger charge is 2.53. The Labute approximate surface area is 191 Å². The summed E-state index contributed by atoms with van der Waals surface area (Å²) in [5.41, 5.74) is 0.948. The molecule has 33 heavy (non-hydrogen) atoms. The van der Waals surface area contributed by atoms with Crippen molar-refractivity contribution in [3.05, 3.63) is 65.0 Å². The van der Waals surface area contributed by atoms with Crippen LogP contribution in [0, 0.1) is 29.3 Å². The Kier molecular flexibility index (Phi) is 6.17. The minimum atomic E-state index is -3.45. The first-order valence-electron chi connectivity index (χ1n) is 10.7. The molecule has 10 heteroatoms. The Balaban J connectivity index is 1.50. The van der Waals surface area contributed by atoms with Gasteiger partial charge in [-0.2, -0.15) is 0 Å². The van der Waals surface area contributed by atoms with E-state index in [1.54, 1.807) is 12.1 Å². The van der Waals surface area contributed by atoms with E-state index in [1.165, 1.54) is 18.2 Å². The minimum absolute atomic E-state index is 0.0681. The highest BCUT2D eigenvalue weighted by atomic mass is 32.2. The lowest BCUT2D eigenvalue weighted by Gasteiger charge is -2.48. The molecule has 0 spiro atoms. The Hall–Kier alpha value is -2.59. The monoisotopic (exact) mass is 481 g/mol. The number of carbonyl (C=O) groups excluding carboxylic acids is 1. The van der Waals surface area contributed by atoms with Crippen LogP contribution >= 0.6 is 0 Å². The van der Waals surface area contributed by atoms with E-state index in [0.29, 0.717) is 24.9 Å². The number of carbonyl (C=O) groups is 1. The molecule has 2 aromatic carbocycles. The fraction of sp³-hybridized carbons (Fsp3) is 0.435. The summed E-state index contributed by atoms with van der Waals surface area (Å²) >= 11 is 0. The number of sulfonamides is 1. The van der Waals surface area contributed by atoms with Crippen LogP contribution in [0.15, 0.2) is 36.4 Å². The lowest BCUT2D eigenvalue weighted by atomic mass is 9.56. The van der Waals surface area contributed by atoms with Crippen molar-refractivity contribution < 1.29 is 26.4 Å². The number of halogens is 3. The molecule has 1 amide bonds. The summed E-state index contributed by atoms with van der Waals surface area (Å²) in [5, 5.41) is 5.93. The third kappa shape index (κ3) is 4.72. The van der Waals surface area contributed by atoms with Crippen molar-refractivity contribution >= 4 is 21.6 Å². The summed E-state index contributed by atoms with van der Waals surface area (Å²) in [6, 6.07) is 7.84. The molecule has 1 aliphatic carbocycles. The fourth-order valence-electron chi connectivity index (χ4n) is 5.04. The predicted octanol–water partition coefficient (Wildman–Crippen LogP) is 3.22. The third-order valence-corrected chi connectivity index (χ3v) is 7.56. The molecule has 1 aliphatic heterocycles. The molecular weight excluding hydrogens is 455 g/mol. The second-order valence-electron chi connectivity index (χ2n) is 9.15. The molecule has 2 aromatic rings. The van der Waals surface area contributed by atoms with Gasteiger partial charge in [-0.1, -0.05) is 19.1 Å². The maximum absolute atomic E-state index is 14.6. The number of hydrogen-bond acceptors (Lipinski definition) is 4. The van der Waals surface area contributed by atoms with E-state index < -0.39 is 33.0 Å². The largest absolute Gasteiger partial charge is 0.375 e. The summed E-state index contributed by atoms with van der Waals surface area (Å²) in [6.07, 6.45) is 2.41. The average molecular weight is 482 g/mol. The SMILES string of the molecule is CC1([C@H]2C[C@@H](CNC(=O)CNS(C)(=O)=O)C2)c2cc(F)cc(F)c2NC1c1ccc(F)cc1. The van der Waals surface area contributed by atoms with Crippen LogP contribution < -0.4 is 15.4 Å². The first kappa shape index (κ1) is 23.6. The molecule has 6 nitrogen and oxygen atoms in total. The van der Waals surface area contributed by atoms with Crippen LogP contribution in [0.25, 0.3) is 0 Å². The van der Waals surface area contributed by atoms with Crippen LogP contribution in [-0.2, 0) is 20.2 Å². The molecule has 3 N–H and O–H groups in total. The predicted molar refractivity (Wildman–Crippen MR) is 119 cm³/mol. The second kappa shape index (κ2) is 8.64. The van der Waals surface area contributed by atoms with Crippen molar-refractivity contribution in [2.75, 3.05) is 24.7 Å². The molecule has 1 saturated carbocycles. The van der Waals surface area contributed by atoms with Crippen LogP contribution in [0.2, 0.25) is 0 Å². The quantitative estimate of drug-likeness (QED) is 0.567. The number of fused-ring (bicyclic) bond motifs is 1. The van der Waals surface area contributed by atoms with Gasteiger partial charge in [0.2, 0.25) is 15.9 Å². The molecule has 2 atom stereocenters. The number of benzene rings is 2. The molecule has 2 aliphatic rings. The van der Waals surface area contributed by atoms with Crippen LogP contribution in [0.4, 0.5) is 18.9 Å². The lowest BCUT2D eigenvalue weighted by Crippen LogP contribution is -2.47. The molecule has 1 heterocycles. The first-order chi connectivity index (χ1) is 15.5. The number of amides is 1. The summed E-state index contributed by atoms with van der Waals surface area (Å²) in [7, 11) is -3.45. The van der Waals surface area contributed by atoms with Crippen molar-refractivity contribution in [2.24, 2.45) is 11.8 Å². The minimum Gasteiger partial charge on any atom is -0.375 e. The smallest absolute Gasteiger partial charge is 0.235 e. The van der Waals surface area contributed by atoms with Crippen LogP contribution in [-0.4, -0.2) is 33.7 Å². The van der Waals surface area contributed by atoms with Gasteiger partial charge in [-0.05, 0) is 54.0 Å². The summed E-state index contributed by atoms with van der Waals surface area (Å²) in [6.45, 7) is 2.03. The van der Waals surface area contributed by atoms with Crippen molar-refractivity contribution in [3.8, 4) is 0 Å². The zero-order valence-corrected chi connectivity index (χ0v) is 19.1. The van der Waals surface area contributed by atoms with Crippen molar-refractivity contribution in [1.29, 1.82) is 0 Å². The molecule has 4 rings (SSSR count). The van der Waals surface area contributed by atoms with Crippen LogP contribution in [0.3, 0.4) is 0 Å². The van der Waals surface area contributed by atoms with E-state index in [4.69, 9.17) is 0 Å². The molecule has 1 fully saturated rings. The Morgan fingerprint density at radius 1 is 1.12 bits per heavy atom. The van der Waals surface area contributed by atoms with Gasteiger partial charge in [-0.25, -0.2) is 26.3 Å². The zero-order valence-electron chi connectivity index (χ0n) is 18.3. The van der Waals surface area contributed by atoms with Gasteiger partial charge in [0.25, 0.3) is 0 Å². The van der Waals surface area contributed by atoms with Crippen LogP contribution in [0.5, 0.6) is 0 Å². The van der Waals surface area contributed by atoms with Crippen molar-refractivity contribution in [3.63, 3.8) is 0 Å². The lowest BCUT2D eigenvalue weighted by molar-refractivity contribution is -0.120. The van der Waals surface area contributed by atoms with Crippen LogP contribution in [0.1, 0.15) is 36.9 Å². The van der Waals surface area contributed by atoms with E-state index >= 15 is 0 Å². The Morgan fingerprint density at radius 2 is 1.79 bits per heavy atom. The van der Waals surface area contributed by atoms with Gasteiger partial charge in [-0.15, -0.1) is 0 Å². The van der Waals surface area contributed by atoms with Crippen molar-refractivity contribution in [2.45, 2.75) is 31.2 Å². The van der Waals surface area contributed by atoms with Gasteiger partial charge < -0.3 is 10.6 Å². The molecule has 178 valence electrons. The average Bonchev–Trinajstić information content (AvgIpc) is 2.99. The second-order valence-corrected chi connectivity index (χ2v) is 11.0. The highest BCUT2D eigenvalue weighted by Crippen LogP contribution is 2.59. The highest BCUT2D eigenvalue weighted by molar-refractivity contribution is 7.88. The van der Waals surface area contributed by atoms with Crippen molar-refractivity contribution in [1.82, 2.24) is 10.0 Å². The Morgan fingerprint density at radius 3 is 2.42 bits per heavy atom. The van der Waals surface area contributed by atoms with Gasteiger partial charge in [-0.3, -0.25) is 4.79 Å². The maximum Gasteiger partial charge on any atom is 0.235 e. The molecule has 2 unspecified atom stereocenters. The molecular formula is C23H26F3N3O3S.